The molecule has 4 heteroatoms. The Bertz CT molecular complexity index is 807. The van der Waals surface area contributed by atoms with Crippen LogP contribution in [0.25, 0.3) is 22.3 Å². The molecule has 1 aromatic heterocycles. The Kier molecular flexibility index (Phi) is 2.56. The number of aromatic amines is 1. The zero-order chi connectivity index (χ0) is 13.4. The van der Waals surface area contributed by atoms with Crippen molar-refractivity contribution in [1.82, 2.24) is 4.98 Å². The van der Waals surface area contributed by atoms with Crippen molar-refractivity contribution < 1.29 is 4.73 Å². The van der Waals surface area contributed by atoms with Gasteiger partial charge in [0, 0.05) is 6.07 Å². The van der Waals surface area contributed by atoms with Crippen LogP contribution in [-0.2, 0) is 0 Å². The predicted molar refractivity (Wildman–Crippen MR) is 73.7 cm³/mol. The molecular formula is C15H12N2O2. The molecule has 0 amide bonds. The average molecular weight is 252 g/mol. The number of hydrogen-bond donors (Lipinski definition) is 1. The Morgan fingerprint density at radius 2 is 1.84 bits per heavy atom. The fourth-order valence-electron chi connectivity index (χ4n) is 2.17. The van der Waals surface area contributed by atoms with Gasteiger partial charge in [0.05, 0.1) is 5.56 Å². The molecule has 94 valence electrons. The van der Waals surface area contributed by atoms with Crippen LogP contribution in [0.4, 0.5) is 0 Å². The Balaban J connectivity index is 2.39. The highest BCUT2D eigenvalue weighted by molar-refractivity contribution is 5.73. The zero-order valence-corrected chi connectivity index (χ0v) is 10.4. The second-order valence-electron chi connectivity index (χ2n) is 4.48. The fraction of sp³-hybridized carbons (Fsp3) is 0.0667. The number of hydrogen-bond acceptors (Lipinski definition) is 2. The number of aromatic nitrogens is 2. The molecule has 0 bridgehead atoms. The summed E-state index contributed by atoms with van der Waals surface area (Å²) in [7, 11) is 0. The SMILES string of the molecule is Cc1ccc2c(c1)[nH]c(=O)c(-c1ccccc1)[n+]2[O-]. The topological polar surface area (TPSA) is 59.8 Å². The quantitative estimate of drug-likeness (QED) is 0.533. The van der Waals surface area contributed by atoms with Crippen LogP contribution in [0.3, 0.4) is 0 Å². The van der Waals surface area contributed by atoms with E-state index in [9.17, 15) is 10.0 Å². The summed E-state index contributed by atoms with van der Waals surface area (Å²) in [4.78, 5) is 14.9. The summed E-state index contributed by atoms with van der Waals surface area (Å²) >= 11 is 0. The number of rotatable bonds is 1. The molecule has 0 radical (unpaired) electrons. The molecule has 0 aliphatic heterocycles. The van der Waals surface area contributed by atoms with E-state index >= 15 is 0 Å². The lowest BCUT2D eigenvalue weighted by Crippen LogP contribution is -2.37. The summed E-state index contributed by atoms with van der Waals surface area (Å²) in [5.41, 5.74) is 2.37. The van der Waals surface area contributed by atoms with Crippen molar-refractivity contribution in [2.75, 3.05) is 0 Å². The Hall–Kier alpha value is -2.62. The molecule has 3 rings (SSSR count). The van der Waals surface area contributed by atoms with Crippen LogP contribution in [0, 0.1) is 12.1 Å². The van der Waals surface area contributed by atoms with Gasteiger partial charge in [0.1, 0.15) is 5.52 Å². The van der Waals surface area contributed by atoms with Gasteiger partial charge in [-0.05, 0) is 30.7 Å². The lowest BCUT2D eigenvalue weighted by atomic mass is 10.1. The van der Waals surface area contributed by atoms with E-state index in [0.717, 1.165) is 5.56 Å². The van der Waals surface area contributed by atoms with Gasteiger partial charge in [0.2, 0.25) is 5.52 Å². The Labute approximate surface area is 109 Å². The lowest BCUT2D eigenvalue weighted by Gasteiger charge is -2.07. The largest absolute Gasteiger partial charge is 0.618 e. The predicted octanol–water partition coefficient (Wildman–Crippen LogP) is 2.14. The maximum Gasteiger partial charge on any atom is 0.322 e. The molecule has 2 aromatic carbocycles. The monoisotopic (exact) mass is 252 g/mol. The average Bonchev–Trinajstić information content (AvgIpc) is 2.39. The first-order chi connectivity index (χ1) is 9.16. The maximum absolute atomic E-state index is 12.4. The molecule has 0 aliphatic rings. The smallest absolute Gasteiger partial charge is 0.322 e. The van der Waals surface area contributed by atoms with Crippen LogP contribution >= 0.6 is 0 Å². The second kappa shape index (κ2) is 4.24. The number of H-pyrrole nitrogens is 1. The summed E-state index contributed by atoms with van der Waals surface area (Å²) in [5.74, 6) is 0. The van der Waals surface area contributed by atoms with Crippen molar-refractivity contribution in [3.05, 3.63) is 69.7 Å². The van der Waals surface area contributed by atoms with Gasteiger partial charge in [-0.1, -0.05) is 24.3 Å². The molecular weight excluding hydrogens is 240 g/mol. The number of benzene rings is 2. The third-order valence-corrected chi connectivity index (χ3v) is 3.08. The number of nitrogens with zero attached hydrogens (tertiary/aromatic N) is 1. The summed E-state index contributed by atoms with van der Waals surface area (Å²) < 4.78 is 0.697. The van der Waals surface area contributed by atoms with Gasteiger partial charge in [-0.3, -0.25) is 4.79 Å². The van der Waals surface area contributed by atoms with Crippen LogP contribution in [-0.4, -0.2) is 4.98 Å². The van der Waals surface area contributed by atoms with Crippen LogP contribution in [0.2, 0.25) is 0 Å². The first-order valence-electron chi connectivity index (χ1n) is 5.98. The second-order valence-corrected chi connectivity index (χ2v) is 4.48. The van der Waals surface area contributed by atoms with Crippen molar-refractivity contribution in [1.29, 1.82) is 0 Å². The van der Waals surface area contributed by atoms with E-state index in [1.54, 1.807) is 36.4 Å². The standard InChI is InChI=1S/C15H12N2O2/c1-10-7-8-13-12(9-10)16-15(18)14(17(13)19)11-5-3-2-4-6-11/h2-9H,1H3,(H,16,18). The molecule has 1 N–H and O–H groups in total. The van der Waals surface area contributed by atoms with Gasteiger partial charge in [-0.2, -0.15) is 4.73 Å². The minimum absolute atomic E-state index is 0.122. The van der Waals surface area contributed by atoms with Crippen LogP contribution < -0.4 is 10.3 Å². The highest BCUT2D eigenvalue weighted by Gasteiger charge is 2.17. The van der Waals surface area contributed by atoms with E-state index < -0.39 is 0 Å². The molecule has 0 fully saturated rings. The molecule has 0 saturated carbocycles. The Morgan fingerprint density at radius 3 is 2.58 bits per heavy atom. The number of fused-ring (bicyclic) bond motifs is 1. The van der Waals surface area contributed by atoms with Gasteiger partial charge in [-0.15, -0.1) is 0 Å². The van der Waals surface area contributed by atoms with E-state index in [1.807, 2.05) is 19.1 Å². The van der Waals surface area contributed by atoms with Crippen LogP contribution in [0.1, 0.15) is 5.56 Å². The van der Waals surface area contributed by atoms with Crippen molar-refractivity contribution in [2.45, 2.75) is 6.92 Å². The van der Waals surface area contributed by atoms with Gasteiger partial charge in [0.15, 0.2) is 0 Å². The number of aryl methyl sites for hydroxylation is 1. The molecule has 1 heterocycles. The zero-order valence-electron chi connectivity index (χ0n) is 10.4. The third kappa shape index (κ3) is 1.87. The summed E-state index contributed by atoms with van der Waals surface area (Å²) in [5, 5.41) is 12.4. The summed E-state index contributed by atoms with van der Waals surface area (Å²) in [6.45, 7) is 1.91. The van der Waals surface area contributed by atoms with Gasteiger partial charge in [0.25, 0.3) is 5.69 Å². The third-order valence-electron chi connectivity index (χ3n) is 3.08. The van der Waals surface area contributed by atoms with E-state index in [4.69, 9.17) is 0 Å². The first kappa shape index (κ1) is 11.5. The van der Waals surface area contributed by atoms with Crippen molar-refractivity contribution in [3.63, 3.8) is 0 Å². The summed E-state index contributed by atoms with van der Waals surface area (Å²) in [6.07, 6.45) is 0. The molecule has 0 atom stereocenters. The van der Waals surface area contributed by atoms with E-state index in [1.165, 1.54) is 0 Å². The maximum atomic E-state index is 12.4. The van der Waals surface area contributed by atoms with Crippen molar-refractivity contribution >= 4 is 11.0 Å². The fourth-order valence-corrected chi connectivity index (χ4v) is 2.17. The van der Waals surface area contributed by atoms with E-state index in [-0.39, 0.29) is 11.3 Å². The first-order valence-corrected chi connectivity index (χ1v) is 5.98. The van der Waals surface area contributed by atoms with Crippen LogP contribution in [0.15, 0.2) is 53.3 Å². The Morgan fingerprint density at radius 1 is 1.11 bits per heavy atom. The van der Waals surface area contributed by atoms with Crippen LogP contribution in [0.5, 0.6) is 0 Å². The lowest BCUT2D eigenvalue weighted by molar-refractivity contribution is -0.566. The molecule has 0 aliphatic carbocycles. The molecule has 19 heavy (non-hydrogen) atoms. The normalized spacial score (nSPS) is 10.8. The van der Waals surface area contributed by atoms with E-state index in [0.29, 0.717) is 21.3 Å². The van der Waals surface area contributed by atoms with E-state index in [2.05, 4.69) is 4.98 Å². The molecule has 0 spiro atoms. The highest BCUT2D eigenvalue weighted by atomic mass is 16.5. The van der Waals surface area contributed by atoms with Crippen molar-refractivity contribution in [2.24, 2.45) is 0 Å². The number of nitrogens with one attached hydrogen (secondary N) is 1. The molecule has 4 nitrogen and oxygen atoms in total. The molecule has 0 unspecified atom stereocenters. The van der Waals surface area contributed by atoms with Gasteiger partial charge >= 0.3 is 5.56 Å². The van der Waals surface area contributed by atoms with Gasteiger partial charge in [-0.25, -0.2) is 0 Å². The highest BCUT2D eigenvalue weighted by Crippen LogP contribution is 2.14. The van der Waals surface area contributed by atoms with Gasteiger partial charge < -0.3 is 10.2 Å². The van der Waals surface area contributed by atoms with Crippen molar-refractivity contribution in [3.8, 4) is 11.3 Å². The summed E-state index contributed by atoms with van der Waals surface area (Å²) in [6, 6.07) is 14.3. The minimum atomic E-state index is -0.376. The molecule has 0 saturated heterocycles. The molecule has 3 aromatic rings. The minimum Gasteiger partial charge on any atom is -0.618 e.